The summed E-state index contributed by atoms with van der Waals surface area (Å²) in [6.07, 6.45) is -12.3. The summed E-state index contributed by atoms with van der Waals surface area (Å²) in [4.78, 5) is 19.2. The number of aromatic nitrogens is 1. The Labute approximate surface area is 245 Å². The second kappa shape index (κ2) is 11.7. The maximum atomic E-state index is 13.4. The predicted octanol–water partition coefficient (Wildman–Crippen LogP) is 7.85. The molecule has 232 valence electrons. The summed E-state index contributed by atoms with van der Waals surface area (Å²) in [5.74, 6) is 0.531. The minimum absolute atomic E-state index is 0.0414. The van der Waals surface area contributed by atoms with E-state index in [4.69, 9.17) is 9.47 Å². The molecule has 0 bridgehead atoms. The Morgan fingerprint density at radius 2 is 1.58 bits per heavy atom. The molecule has 0 aliphatic carbocycles. The van der Waals surface area contributed by atoms with Gasteiger partial charge in [-0.2, -0.15) is 26.3 Å². The van der Waals surface area contributed by atoms with Crippen LogP contribution in [-0.4, -0.2) is 40.8 Å². The number of hydrogen-bond acceptors (Lipinski definition) is 5. The molecule has 43 heavy (non-hydrogen) atoms. The van der Waals surface area contributed by atoms with E-state index in [1.54, 1.807) is 26.0 Å². The molecule has 4 rings (SSSR count). The van der Waals surface area contributed by atoms with Crippen LogP contribution in [0.5, 0.6) is 5.75 Å². The van der Waals surface area contributed by atoms with Crippen molar-refractivity contribution < 1.29 is 45.7 Å². The molecule has 1 fully saturated rings. The first kappa shape index (κ1) is 32.1. The Kier molecular flexibility index (Phi) is 8.74. The van der Waals surface area contributed by atoms with Crippen LogP contribution in [0.25, 0.3) is 11.1 Å². The molecule has 12 heteroatoms. The highest BCUT2D eigenvalue weighted by Gasteiger charge is 2.40. The van der Waals surface area contributed by atoms with Crippen LogP contribution in [0.4, 0.5) is 31.1 Å². The predicted molar refractivity (Wildman–Crippen MR) is 146 cm³/mol. The van der Waals surface area contributed by atoms with Gasteiger partial charge in [-0.25, -0.2) is 4.79 Å². The highest BCUT2D eigenvalue weighted by atomic mass is 19.4. The molecule has 0 saturated carbocycles. The number of aryl methyl sites for hydroxylation is 1. The van der Waals surface area contributed by atoms with Crippen LogP contribution in [0, 0.1) is 6.92 Å². The standard InChI is InChI=1S/C31H32F6N2O4/c1-17-6-8-23(24-14-20(29(3,4)16-40)7-9-26(24)42-5)25(38-17)15-39-18(2)10-27(43-28(39)41)19-11-21(30(32,33)34)13-22(12-19)31(35,36)37/h6-9,11-14,18,27,40H,10,15-16H2,1-5H3. The van der Waals surface area contributed by atoms with Crippen molar-refractivity contribution in [1.29, 1.82) is 0 Å². The highest BCUT2D eigenvalue weighted by molar-refractivity contribution is 5.75. The molecule has 0 radical (unpaired) electrons. The van der Waals surface area contributed by atoms with Crippen LogP contribution in [0.15, 0.2) is 48.5 Å². The minimum Gasteiger partial charge on any atom is -0.496 e. The summed E-state index contributed by atoms with van der Waals surface area (Å²) in [5, 5.41) is 9.90. The fraction of sp³-hybridized carbons (Fsp3) is 0.419. The number of pyridine rings is 1. The van der Waals surface area contributed by atoms with Crippen molar-refractivity contribution in [3.8, 4) is 16.9 Å². The number of nitrogens with zero attached hydrogens (tertiary/aromatic N) is 2. The first-order valence-electron chi connectivity index (χ1n) is 13.5. The third kappa shape index (κ3) is 6.90. The van der Waals surface area contributed by atoms with Crippen molar-refractivity contribution >= 4 is 6.09 Å². The average Bonchev–Trinajstić information content (AvgIpc) is 2.93. The largest absolute Gasteiger partial charge is 0.496 e. The quantitative estimate of drug-likeness (QED) is 0.276. The smallest absolute Gasteiger partial charge is 0.416 e. The van der Waals surface area contributed by atoms with E-state index in [1.165, 1.54) is 12.0 Å². The van der Waals surface area contributed by atoms with Crippen LogP contribution in [0.1, 0.15) is 66.9 Å². The first-order chi connectivity index (χ1) is 19.9. The zero-order valence-electron chi connectivity index (χ0n) is 24.2. The van der Waals surface area contributed by atoms with Crippen molar-refractivity contribution in [2.75, 3.05) is 13.7 Å². The lowest BCUT2D eigenvalue weighted by atomic mass is 9.83. The molecule has 2 heterocycles. The molecule has 1 aromatic heterocycles. The number of aliphatic hydroxyl groups excluding tert-OH is 1. The van der Waals surface area contributed by atoms with Crippen molar-refractivity contribution in [2.24, 2.45) is 0 Å². The van der Waals surface area contributed by atoms with Crippen LogP contribution < -0.4 is 4.74 Å². The number of aliphatic hydroxyl groups is 1. The summed E-state index contributed by atoms with van der Waals surface area (Å²) < 4.78 is 91.6. The summed E-state index contributed by atoms with van der Waals surface area (Å²) >= 11 is 0. The monoisotopic (exact) mass is 610 g/mol. The number of carbonyl (C=O) groups is 1. The number of benzene rings is 2. The summed E-state index contributed by atoms with van der Waals surface area (Å²) in [6, 6.07) is 9.72. The molecule has 2 unspecified atom stereocenters. The van der Waals surface area contributed by atoms with E-state index in [9.17, 15) is 36.2 Å². The van der Waals surface area contributed by atoms with Crippen molar-refractivity contribution in [3.63, 3.8) is 0 Å². The SMILES string of the molecule is COc1ccc(C(C)(C)CO)cc1-c1ccc(C)nc1CN1C(=O)OC(c2cc(C(F)(F)F)cc(C(F)(F)F)c2)CC1C. The number of methoxy groups -OCH3 is 1. The van der Waals surface area contributed by atoms with Gasteiger partial charge in [-0.05, 0) is 61.4 Å². The zero-order chi connectivity index (χ0) is 31.9. The molecular formula is C31H32F6N2O4. The second-order valence-corrected chi connectivity index (χ2v) is 11.3. The first-order valence-corrected chi connectivity index (χ1v) is 13.5. The normalized spacial score (nSPS) is 18.0. The lowest BCUT2D eigenvalue weighted by Gasteiger charge is -2.37. The van der Waals surface area contributed by atoms with Gasteiger partial charge < -0.3 is 14.6 Å². The minimum atomic E-state index is -5.02. The maximum absolute atomic E-state index is 13.4. The average molecular weight is 611 g/mol. The van der Waals surface area contributed by atoms with Gasteiger partial charge in [-0.15, -0.1) is 0 Å². The highest BCUT2D eigenvalue weighted by Crippen LogP contribution is 2.41. The van der Waals surface area contributed by atoms with E-state index in [1.807, 2.05) is 32.0 Å². The van der Waals surface area contributed by atoms with Gasteiger partial charge in [0, 0.05) is 34.7 Å². The lowest BCUT2D eigenvalue weighted by Crippen LogP contribution is -2.44. The number of cyclic esters (lactones) is 1. The van der Waals surface area contributed by atoms with Crippen LogP contribution in [0.2, 0.25) is 0 Å². The molecule has 3 aromatic rings. The molecule has 2 aromatic carbocycles. The molecule has 0 spiro atoms. The third-order valence-corrected chi connectivity index (χ3v) is 7.65. The van der Waals surface area contributed by atoms with E-state index in [-0.39, 0.29) is 31.2 Å². The van der Waals surface area contributed by atoms with Gasteiger partial charge in [0.2, 0.25) is 0 Å². The molecule has 1 amide bonds. The zero-order valence-corrected chi connectivity index (χ0v) is 24.2. The number of carbonyl (C=O) groups excluding carboxylic acids is 1. The Hall–Kier alpha value is -3.80. The van der Waals surface area contributed by atoms with E-state index in [0.717, 1.165) is 5.56 Å². The summed E-state index contributed by atoms with van der Waals surface area (Å²) in [6.45, 7) is 7.04. The number of amides is 1. The number of hydrogen-bond donors (Lipinski definition) is 1. The molecule has 1 saturated heterocycles. The van der Waals surface area contributed by atoms with Crippen molar-refractivity contribution in [2.45, 2.75) is 70.6 Å². The molecular weight excluding hydrogens is 578 g/mol. The molecule has 1 aliphatic rings. The lowest BCUT2D eigenvalue weighted by molar-refractivity contribution is -0.143. The van der Waals surface area contributed by atoms with Crippen LogP contribution >= 0.6 is 0 Å². The number of alkyl halides is 6. The Morgan fingerprint density at radius 3 is 2.12 bits per heavy atom. The second-order valence-electron chi connectivity index (χ2n) is 11.3. The van der Waals surface area contributed by atoms with Gasteiger partial charge in [-0.3, -0.25) is 9.88 Å². The maximum Gasteiger partial charge on any atom is 0.416 e. The Bertz CT molecular complexity index is 1470. The van der Waals surface area contributed by atoms with Gasteiger partial charge in [0.05, 0.1) is 37.1 Å². The van der Waals surface area contributed by atoms with Crippen LogP contribution in [-0.2, 0) is 29.0 Å². The van der Waals surface area contributed by atoms with Gasteiger partial charge >= 0.3 is 18.4 Å². The molecule has 1 aliphatic heterocycles. The number of rotatable bonds is 7. The summed E-state index contributed by atoms with van der Waals surface area (Å²) in [5.41, 5.74) is -0.599. The van der Waals surface area contributed by atoms with Crippen molar-refractivity contribution in [1.82, 2.24) is 9.88 Å². The van der Waals surface area contributed by atoms with E-state index >= 15 is 0 Å². The molecule has 1 N–H and O–H groups in total. The summed E-state index contributed by atoms with van der Waals surface area (Å²) in [7, 11) is 1.51. The topological polar surface area (TPSA) is 71.9 Å². The van der Waals surface area contributed by atoms with Gasteiger partial charge in [0.1, 0.15) is 11.9 Å². The third-order valence-electron chi connectivity index (χ3n) is 7.65. The van der Waals surface area contributed by atoms with Gasteiger partial charge in [0.25, 0.3) is 0 Å². The van der Waals surface area contributed by atoms with Gasteiger partial charge in [0.15, 0.2) is 0 Å². The molecule has 6 nitrogen and oxygen atoms in total. The van der Waals surface area contributed by atoms with Gasteiger partial charge in [-0.1, -0.05) is 26.0 Å². The van der Waals surface area contributed by atoms with E-state index in [2.05, 4.69) is 4.98 Å². The van der Waals surface area contributed by atoms with E-state index in [0.29, 0.717) is 40.4 Å². The fourth-order valence-electron chi connectivity index (χ4n) is 5.01. The fourth-order valence-corrected chi connectivity index (χ4v) is 5.01. The Balaban J connectivity index is 1.68. The number of halogens is 6. The van der Waals surface area contributed by atoms with Crippen molar-refractivity contribution in [3.05, 3.63) is 82.2 Å². The molecule has 2 atom stereocenters. The Morgan fingerprint density at radius 1 is 0.953 bits per heavy atom. The number of ether oxygens (including phenoxy) is 2. The van der Waals surface area contributed by atoms with E-state index < -0.39 is 47.1 Å². The van der Waals surface area contributed by atoms with Crippen LogP contribution in [0.3, 0.4) is 0 Å².